The van der Waals surface area contributed by atoms with Crippen LogP contribution in [0.25, 0.3) is 0 Å². The molecular weight excluding hydrogens is 200 g/mol. The Morgan fingerprint density at radius 1 is 1.40 bits per heavy atom. The maximum absolute atomic E-state index is 2.30. The zero-order valence-corrected chi connectivity index (χ0v) is 10.3. The molecule has 0 saturated carbocycles. The lowest BCUT2D eigenvalue weighted by Crippen LogP contribution is -1.83. The molecule has 0 amide bonds. The van der Waals surface area contributed by atoms with Crippen molar-refractivity contribution in [1.29, 1.82) is 0 Å². The quantitative estimate of drug-likeness (QED) is 0.666. The van der Waals surface area contributed by atoms with Crippen LogP contribution in [0.5, 0.6) is 0 Å². The first kappa shape index (κ1) is 10.6. The van der Waals surface area contributed by atoms with Crippen LogP contribution in [0.2, 0.25) is 0 Å². The van der Waals surface area contributed by atoms with E-state index in [0.717, 1.165) is 6.42 Å². The Hall–Kier alpha value is -0.950. The van der Waals surface area contributed by atoms with Crippen LogP contribution in [0.4, 0.5) is 0 Å². The molecule has 1 aromatic rings. The summed E-state index contributed by atoms with van der Waals surface area (Å²) in [4.78, 5) is 2.92. The minimum Gasteiger partial charge on any atom is -0.0936 e. The maximum atomic E-state index is 2.30. The van der Waals surface area contributed by atoms with Crippen LogP contribution >= 0.6 is 11.8 Å². The highest BCUT2D eigenvalue weighted by Crippen LogP contribution is 2.41. The topological polar surface area (TPSA) is 0 Å². The normalized spacial score (nSPS) is 18.3. The predicted molar refractivity (Wildman–Crippen MR) is 68.3 cm³/mol. The smallest absolute Gasteiger partial charge is 0.0155 e. The first-order valence-corrected chi connectivity index (χ1v) is 6.12. The van der Waals surface area contributed by atoms with Crippen molar-refractivity contribution in [3.8, 4) is 0 Å². The van der Waals surface area contributed by atoms with E-state index in [9.17, 15) is 0 Å². The molecular formula is C14H16S. The first-order valence-electron chi connectivity index (χ1n) is 5.30. The van der Waals surface area contributed by atoms with Crippen LogP contribution in [0.3, 0.4) is 0 Å². The third kappa shape index (κ3) is 2.18. The van der Waals surface area contributed by atoms with Gasteiger partial charge >= 0.3 is 0 Å². The van der Waals surface area contributed by atoms with E-state index in [1.807, 2.05) is 11.8 Å². The third-order valence-electron chi connectivity index (χ3n) is 2.66. The summed E-state index contributed by atoms with van der Waals surface area (Å²) < 4.78 is 0. The molecule has 0 spiro atoms. The van der Waals surface area contributed by atoms with Crippen LogP contribution in [0.15, 0.2) is 45.7 Å². The van der Waals surface area contributed by atoms with Crippen molar-refractivity contribution in [1.82, 2.24) is 0 Å². The Balaban J connectivity index is 2.33. The molecule has 0 aliphatic carbocycles. The second-order valence-corrected chi connectivity index (χ2v) is 5.13. The van der Waals surface area contributed by atoms with Crippen molar-refractivity contribution in [3.05, 3.63) is 52.0 Å². The molecule has 0 atom stereocenters. The average molecular weight is 216 g/mol. The summed E-state index contributed by atoms with van der Waals surface area (Å²) in [5.41, 5.74) is 4.24. The summed E-state index contributed by atoms with van der Waals surface area (Å²) in [6, 6.07) is 6.74. The first-order chi connectivity index (χ1) is 7.20. The van der Waals surface area contributed by atoms with Gasteiger partial charge in [0, 0.05) is 11.3 Å². The molecule has 1 heteroatoms. The van der Waals surface area contributed by atoms with E-state index >= 15 is 0 Å². The minimum atomic E-state index is 1.11. The monoisotopic (exact) mass is 216 g/mol. The molecule has 0 N–H and O–H groups in total. The number of hydrogen-bond acceptors (Lipinski definition) is 1. The SMILES string of the molecule is C/C=C\C(C)=C1/Cc2cc(C)ccc2S1. The van der Waals surface area contributed by atoms with Gasteiger partial charge in [-0.1, -0.05) is 41.6 Å². The average Bonchev–Trinajstić information content (AvgIpc) is 2.60. The lowest BCUT2D eigenvalue weighted by molar-refractivity contribution is 1.17. The molecule has 1 aliphatic heterocycles. The third-order valence-corrected chi connectivity index (χ3v) is 3.99. The van der Waals surface area contributed by atoms with Gasteiger partial charge in [-0.15, -0.1) is 0 Å². The van der Waals surface area contributed by atoms with Gasteiger partial charge in [0.05, 0.1) is 0 Å². The number of hydrogen-bond donors (Lipinski definition) is 0. The standard InChI is InChI=1S/C14H16S/c1-4-5-11(3)14-9-12-8-10(2)6-7-13(12)15-14/h4-8H,9H2,1-3H3/b5-4-,14-11+. The van der Waals surface area contributed by atoms with E-state index in [2.05, 4.69) is 51.1 Å². The highest BCUT2D eigenvalue weighted by Gasteiger charge is 2.17. The molecule has 0 unspecified atom stereocenters. The van der Waals surface area contributed by atoms with Crippen molar-refractivity contribution in [2.45, 2.75) is 32.1 Å². The molecule has 0 nitrogen and oxygen atoms in total. The van der Waals surface area contributed by atoms with Crippen LogP contribution in [0, 0.1) is 6.92 Å². The van der Waals surface area contributed by atoms with Crippen LogP contribution in [0.1, 0.15) is 25.0 Å². The number of rotatable bonds is 1. The lowest BCUT2D eigenvalue weighted by atomic mass is 10.1. The highest BCUT2D eigenvalue weighted by molar-refractivity contribution is 8.03. The Kier molecular flexibility index (Phi) is 3.01. The lowest BCUT2D eigenvalue weighted by Gasteiger charge is -1.97. The molecule has 1 aromatic carbocycles. The zero-order valence-electron chi connectivity index (χ0n) is 9.50. The van der Waals surface area contributed by atoms with Gasteiger partial charge in [-0.05, 0) is 42.9 Å². The van der Waals surface area contributed by atoms with E-state index < -0.39 is 0 Å². The summed E-state index contributed by atoms with van der Waals surface area (Å²) in [6.07, 6.45) is 5.41. The summed E-state index contributed by atoms with van der Waals surface area (Å²) in [6.45, 7) is 6.42. The van der Waals surface area contributed by atoms with Crippen LogP contribution in [-0.2, 0) is 6.42 Å². The van der Waals surface area contributed by atoms with Crippen LogP contribution in [-0.4, -0.2) is 0 Å². The number of allylic oxidation sites excluding steroid dienone is 4. The Labute approximate surface area is 96.1 Å². The van der Waals surface area contributed by atoms with Gasteiger partial charge in [0.1, 0.15) is 0 Å². The number of fused-ring (bicyclic) bond motifs is 1. The summed E-state index contributed by atoms with van der Waals surface area (Å²) in [5.74, 6) is 0. The molecule has 78 valence electrons. The number of thioether (sulfide) groups is 1. The highest BCUT2D eigenvalue weighted by atomic mass is 32.2. The van der Waals surface area contributed by atoms with Crippen molar-refractivity contribution in [3.63, 3.8) is 0 Å². The van der Waals surface area contributed by atoms with E-state index in [1.54, 1.807) is 0 Å². The summed E-state index contributed by atoms with van der Waals surface area (Å²) in [7, 11) is 0. The van der Waals surface area contributed by atoms with E-state index in [-0.39, 0.29) is 0 Å². The second-order valence-electron chi connectivity index (χ2n) is 4.00. The van der Waals surface area contributed by atoms with Gasteiger partial charge in [0.2, 0.25) is 0 Å². The van der Waals surface area contributed by atoms with Gasteiger partial charge in [-0.3, -0.25) is 0 Å². The van der Waals surface area contributed by atoms with Crippen molar-refractivity contribution in [2.75, 3.05) is 0 Å². The summed E-state index contributed by atoms with van der Waals surface area (Å²) in [5, 5.41) is 0. The predicted octanol–water partition coefficient (Wildman–Crippen LogP) is 4.49. The van der Waals surface area contributed by atoms with E-state index in [4.69, 9.17) is 0 Å². The molecule has 0 aromatic heterocycles. The Bertz CT molecular complexity index is 439. The zero-order chi connectivity index (χ0) is 10.8. The fourth-order valence-corrected chi connectivity index (χ4v) is 2.97. The fraction of sp³-hybridized carbons (Fsp3) is 0.286. The van der Waals surface area contributed by atoms with Gasteiger partial charge < -0.3 is 0 Å². The van der Waals surface area contributed by atoms with Crippen molar-refractivity contribution in [2.24, 2.45) is 0 Å². The molecule has 1 heterocycles. The van der Waals surface area contributed by atoms with Gasteiger partial charge in [0.25, 0.3) is 0 Å². The second kappa shape index (κ2) is 4.28. The van der Waals surface area contributed by atoms with Crippen molar-refractivity contribution < 1.29 is 0 Å². The number of aryl methyl sites for hydroxylation is 1. The largest absolute Gasteiger partial charge is 0.0936 e. The van der Waals surface area contributed by atoms with Crippen molar-refractivity contribution >= 4 is 11.8 Å². The molecule has 2 rings (SSSR count). The Morgan fingerprint density at radius 3 is 2.93 bits per heavy atom. The number of benzene rings is 1. The molecule has 0 bridgehead atoms. The van der Waals surface area contributed by atoms with Gasteiger partial charge in [-0.2, -0.15) is 0 Å². The van der Waals surface area contributed by atoms with E-state index in [1.165, 1.54) is 26.5 Å². The molecule has 1 aliphatic rings. The van der Waals surface area contributed by atoms with Gasteiger partial charge in [0.15, 0.2) is 0 Å². The summed E-state index contributed by atoms with van der Waals surface area (Å²) >= 11 is 1.92. The fourth-order valence-electron chi connectivity index (χ4n) is 1.85. The Morgan fingerprint density at radius 2 is 2.20 bits per heavy atom. The maximum Gasteiger partial charge on any atom is 0.0155 e. The molecule has 0 fully saturated rings. The molecule has 15 heavy (non-hydrogen) atoms. The van der Waals surface area contributed by atoms with Crippen LogP contribution < -0.4 is 0 Å². The van der Waals surface area contributed by atoms with E-state index in [0.29, 0.717) is 0 Å². The van der Waals surface area contributed by atoms with Gasteiger partial charge in [-0.25, -0.2) is 0 Å². The minimum absolute atomic E-state index is 1.11. The molecule has 0 saturated heterocycles. The molecule has 0 radical (unpaired) electrons.